The standard InChI is InChI=1S/C12H9F3N2O4/c13-12(14,15)8-5-7(11(19)20)1-2-9(8)21-6-10(18)17-4-3-16/h1-2,5H,4,6H2,(H,17,18)(H,19,20). The topological polar surface area (TPSA) is 99.4 Å². The van der Waals surface area contributed by atoms with Crippen molar-refractivity contribution in [3.05, 3.63) is 29.3 Å². The molecule has 1 amide bonds. The number of halogens is 3. The van der Waals surface area contributed by atoms with Gasteiger partial charge in [-0.1, -0.05) is 0 Å². The van der Waals surface area contributed by atoms with Gasteiger partial charge in [0.25, 0.3) is 5.91 Å². The molecular formula is C12H9F3N2O4. The average Bonchev–Trinajstić information content (AvgIpc) is 2.41. The quantitative estimate of drug-likeness (QED) is 0.801. The normalized spacial score (nSPS) is 10.6. The van der Waals surface area contributed by atoms with Gasteiger partial charge in [-0.3, -0.25) is 4.79 Å². The highest BCUT2D eigenvalue weighted by Crippen LogP contribution is 2.36. The predicted octanol–water partition coefficient (Wildman–Crippen LogP) is 1.42. The van der Waals surface area contributed by atoms with Crippen LogP contribution in [-0.2, 0) is 11.0 Å². The minimum atomic E-state index is -4.83. The first-order chi connectivity index (χ1) is 9.75. The van der Waals surface area contributed by atoms with Gasteiger partial charge in [0.2, 0.25) is 0 Å². The zero-order valence-electron chi connectivity index (χ0n) is 10.4. The molecule has 0 saturated heterocycles. The molecule has 0 atom stereocenters. The summed E-state index contributed by atoms with van der Waals surface area (Å²) in [7, 11) is 0. The van der Waals surface area contributed by atoms with E-state index in [2.05, 4.69) is 5.32 Å². The van der Waals surface area contributed by atoms with Crippen molar-refractivity contribution in [3.63, 3.8) is 0 Å². The summed E-state index contributed by atoms with van der Waals surface area (Å²) in [6.45, 7) is -1.02. The van der Waals surface area contributed by atoms with Gasteiger partial charge in [0, 0.05) is 0 Å². The molecule has 0 aliphatic rings. The Morgan fingerprint density at radius 3 is 2.57 bits per heavy atom. The number of nitriles is 1. The highest BCUT2D eigenvalue weighted by molar-refractivity contribution is 5.88. The predicted molar refractivity (Wildman–Crippen MR) is 62.5 cm³/mol. The maximum Gasteiger partial charge on any atom is 0.419 e. The van der Waals surface area contributed by atoms with Crippen molar-refractivity contribution < 1.29 is 32.6 Å². The van der Waals surface area contributed by atoms with Crippen LogP contribution in [0.25, 0.3) is 0 Å². The highest BCUT2D eigenvalue weighted by atomic mass is 19.4. The summed E-state index contributed by atoms with van der Waals surface area (Å²) in [6, 6.07) is 3.79. The number of carboxylic acid groups (broad SMARTS) is 1. The molecule has 0 saturated carbocycles. The fraction of sp³-hybridized carbons (Fsp3) is 0.250. The number of rotatable bonds is 5. The third kappa shape index (κ3) is 4.68. The highest BCUT2D eigenvalue weighted by Gasteiger charge is 2.35. The van der Waals surface area contributed by atoms with Crippen LogP contribution in [0, 0.1) is 11.3 Å². The van der Waals surface area contributed by atoms with E-state index < -0.39 is 41.5 Å². The Morgan fingerprint density at radius 1 is 1.38 bits per heavy atom. The number of hydrogen-bond acceptors (Lipinski definition) is 4. The van der Waals surface area contributed by atoms with Gasteiger partial charge >= 0.3 is 12.1 Å². The molecule has 9 heteroatoms. The van der Waals surface area contributed by atoms with Gasteiger partial charge < -0.3 is 15.2 Å². The molecule has 2 N–H and O–H groups in total. The van der Waals surface area contributed by atoms with Gasteiger partial charge in [0.1, 0.15) is 12.3 Å². The van der Waals surface area contributed by atoms with Gasteiger partial charge in [-0.15, -0.1) is 0 Å². The molecule has 0 aliphatic heterocycles. The SMILES string of the molecule is N#CCNC(=O)COc1ccc(C(=O)O)cc1C(F)(F)F. The summed E-state index contributed by atoms with van der Waals surface area (Å²) in [5.74, 6) is -2.95. The van der Waals surface area contributed by atoms with Crippen molar-refractivity contribution in [1.29, 1.82) is 5.26 Å². The fourth-order valence-electron chi connectivity index (χ4n) is 1.34. The maximum absolute atomic E-state index is 12.8. The largest absolute Gasteiger partial charge is 0.483 e. The molecule has 112 valence electrons. The van der Waals surface area contributed by atoms with E-state index in [4.69, 9.17) is 15.1 Å². The zero-order chi connectivity index (χ0) is 16.0. The van der Waals surface area contributed by atoms with Gasteiger partial charge in [0.05, 0.1) is 17.2 Å². The maximum atomic E-state index is 12.8. The number of nitrogens with one attached hydrogen (secondary N) is 1. The Balaban J connectivity index is 2.94. The summed E-state index contributed by atoms with van der Waals surface area (Å²) in [5, 5.41) is 19.0. The van der Waals surface area contributed by atoms with E-state index in [9.17, 15) is 22.8 Å². The third-order valence-corrected chi connectivity index (χ3v) is 2.26. The molecule has 0 spiro atoms. The molecular weight excluding hydrogens is 293 g/mol. The lowest BCUT2D eigenvalue weighted by Crippen LogP contribution is -2.29. The first-order valence-electron chi connectivity index (χ1n) is 5.46. The van der Waals surface area contributed by atoms with E-state index in [-0.39, 0.29) is 6.54 Å². The lowest BCUT2D eigenvalue weighted by atomic mass is 10.1. The summed E-state index contributed by atoms with van der Waals surface area (Å²) < 4.78 is 43.1. The van der Waals surface area contributed by atoms with E-state index in [1.165, 1.54) is 0 Å². The van der Waals surface area contributed by atoms with Crippen LogP contribution in [0.5, 0.6) is 5.75 Å². The Morgan fingerprint density at radius 2 is 2.05 bits per heavy atom. The van der Waals surface area contributed by atoms with Crippen molar-refractivity contribution in [2.45, 2.75) is 6.18 Å². The molecule has 0 bridgehead atoms. The fourth-order valence-corrected chi connectivity index (χ4v) is 1.34. The summed E-state index contributed by atoms with van der Waals surface area (Å²) in [6.07, 6.45) is -4.83. The first-order valence-corrected chi connectivity index (χ1v) is 5.46. The molecule has 0 aliphatic carbocycles. The molecule has 1 aromatic carbocycles. The molecule has 1 rings (SSSR count). The number of ether oxygens (including phenoxy) is 1. The van der Waals surface area contributed by atoms with Crippen molar-refractivity contribution in [2.75, 3.05) is 13.2 Å². The van der Waals surface area contributed by atoms with Crippen LogP contribution in [-0.4, -0.2) is 30.1 Å². The summed E-state index contributed by atoms with van der Waals surface area (Å²) in [4.78, 5) is 21.8. The van der Waals surface area contributed by atoms with Gasteiger partial charge in [-0.25, -0.2) is 4.79 Å². The van der Waals surface area contributed by atoms with Gasteiger partial charge in [-0.05, 0) is 18.2 Å². The molecule has 6 nitrogen and oxygen atoms in total. The second-order valence-corrected chi connectivity index (χ2v) is 3.74. The van der Waals surface area contributed by atoms with E-state index >= 15 is 0 Å². The first kappa shape index (κ1) is 16.3. The van der Waals surface area contributed by atoms with Gasteiger partial charge in [0.15, 0.2) is 6.61 Å². The molecule has 0 fully saturated rings. The molecule has 0 radical (unpaired) electrons. The number of alkyl halides is 3. The second-order valence-electron chi connectivity index (χ2n) is 3.74. The van der Waals surface area contributed by atoms with Crippen molar-refractivity contribution in [3.8, 4) is 11.8 Å². The molecule has 0 unspecified atom stereocenters. The number of benzene rings is 1. The average molecular weight is 302 g/mol. The Labute approximate surface area is 116 Å². The summed E-state index contributed by atoms with van der Waals surface area (Å²) in [5.41, 5.74) is -1.85. The van der Waals surface area contributed by atoms with E-state index in [1.54, 1.807) is 6.07 Å². The van der Waals surface area contributed by atoms with Crippen LogP contribution in [0.3, 0.4) is 0 Å². The second kappa shape index (κ2) is 6.60. The minimum Gasteiger partial charge on any atom is -0.483 e. The van der Waals surface area contributed by atoms with E-state index in [0.717, 1.165) is 12.1 Å². The van der Waals surface area contributed by atoms with Crippen LogP contribution >= 0.6 is 0 Å². The summed E-state index contributed by atoms with van der Waals surface area (Å²) >= 11 is 0. The smallest absolute Gasteiger partial charge is 0.419 e. The van der Waals surface area contributed by atoms with Crippen LogP contribution in [0.4, 0.5) is 13.2 Å². The number of carbonyl (C=O) groups excluding carboxylic acids is 1. The van der Waals surface area contributed by atoms with Crippen LogP contribution < -0.4 is 10.1 Å². The lowest BCUT2D eigenvalue weighted by molar-refractivity contribution is -0.139. The molecule has 0 aromatic heterocycles. The Bertz CT molecular complexity index is 593. The van der Waals surface area contributed by atoms with Crippen molar-refractivity contribution >= 4 is 11.9 Å². The van der Waals surface area contributed by atoms with Crippen molar-refractivity contribution in [2.24, 2.45) is 0 Å². The van der Waals surface area contributed by atoms with E-state index in [0.29, 0.717) is 6.07 Å². The molecule has 1 aromatic rings. The number of amides is 1. The number of carboxylic acids is 1. The number of aromatic carboxylic acids is 1. The number of nitrogens with zero attached hydrogens (tertiary/aromatic N) is 1. The van der Waals surface area contributed by atoms with Crippen LogP contribution in [0.1, 0.15) is 15.9 Å². The lowest BCUT2D eigenvalue weighted by Gasteiger charge is -2.14. The Kier molecular flexibility index (Phi) is 5.12. The minimum absolute atomic E-state index is 0.299. The third-order valence-electron chi connectivity index (χ3n) is 2.26. The van der Waals surface area contributed by atoms with Crippen LogP contribution in [0.2, 0.25) is 0 Å². The molecule has 0 heterocycles. The molecule has 21 heavy (non-hydrogen) atoms. The monoisotopic (exact) mass is 302 g/mol. The van der Waals surface area contributed by atoms with E-state index in [1.807, 2.05) is 0 Å². The van der Waals surface area contributed by atoms with Gasteiger partial charge in [-0.2, -0.15) is 18.4 Å². The number of hydrogen-bond donors (Lipinski definition) is 2. The van der Waals surface area contributed by atoms with Crippen LogP contribution in [0.15, 0.2) is 18.2 Å². The number of carbonyl (C=O) groups is 2. The van der Waals surface area contributed by atoms with Crippen molar-refractivity contribution in [1.82, 2.24) is 5.32 Å². The Hall–Kier alpha value is -2.76. The zero-order valence-corrected chi connectivity index (χ0v) is 10.4.